The molecular weight excluding hydrogens is 288 g/mol. The van der Waals surface area contributed by atoms with E-state index in [-0.39, 0.29) is 11.6 Å². The zero-order chi connectivity index (χ0) is 15.2. The second kappa shape index (κ2) is 4.75. The van der Waals surface area contributed by atoms with Crippen molar-refractivity contribution < 1.29 is 17.6 Å². The molecule has 3 rings (SSSR count). The lowest BCUT2D eigenvalue weighted by molar-refractivity contribution is -0.137. The minimum Gasteiger partial charge on any atom is -0.381 e. The van der Waals surface area contributed by atoms with E-state index in [0.29, 0.717) is 23.9 Å². The molecule has 7 heteroatoms. The summed E-state index contributed by atoms with van der Waals surface area (Å²) in [5.41, 5.74) is -0.786. The second-order valence-corrected chi connectivity index (χ2v) is 5.22. The van der Waals surface area contributed by atoms with Gasteiger partial charge in [0.2, 0.25) is 5.56 Å². The number of rotatable bonds is 2. The summed E-state index contributed by atoms with van der Waals surface area (Å²) in [5, 5.41) is 3.49. The highest BCUT2D eigenvalue weighted by Gasteiger charge is 2.31. The minimum atomic E-state index is -4.47. The van der Waals surface area contributed by atoms with Crippen molar-refractivity contribution in [3.05, 3.63) is 40.2 Å². The zero-order valence-electron chi connectivity index (χ0n) is 10.8. The first-order valence-electron chi connectivity index (χ1n) is 6.48. The molecule has 1 aliphatic rings. The maximum atomic E-state index is 12.8. The summed E-state index contributed by atoms with van der Waals surface area (Å²) in [6, 6.07) is 4.36. The van der Waals surface area contributed by atoms with Gasteiger partial charge in [0.15, 0.2) is 0 Å². The van der Waals surface area contributed by atoms with Gasteiger partial charge in [0, 0.05) is 23.2 Å². The number of halogens is 4. The van der Waals surface area contributed by atoms with Crippen LogP contribution in [0.2, 0.25) is 0 Å². The molecule has 0 radical (unpaired) electrons. The molecule has 112 valence electrons. The van der Waals surface area contributed by atoms with Crippen LogP contribution in [0, 0.1) is 0 Å². The summed E-state index contributed by atoms with van der Waals surface area (Å²) < 4.78 is 50.9. The molecule has 2 N–H and O–H groups in total. The quantitative estimate of drug-likeness (QED) is 0.834. The lowest BCUT2D eigenvalue weighted by atomic mass is 9.90. The van der Waals surface area contributed by atoms with Gasteiger partial charge in [-0.1, -0.05) is 6.07 Å². The molecule has 1 aromatic carbocycles. The predicted molar refractivity (Wildman–Crippen MR) is 71.1 cm³/mol. The summed E-state index contributed by atoms with van der Waals surface area (Å²) in [6.07, 6.45) is -4.64. The normalized spacial score (nSPS) is 22.1. The Bertz CT molecular complexity index is 732. The van der Waals surface area contributed by atoms with Gasteiger partial charge in [0.1, 0.15) is 6.17 Å². The standard InChI is InChI=1S/C14H12F4N2O/c15-8-4-9(5-8)19-12-6-13(21)20-11-3-7(14(16,17)18)1-2-10(11)12/h1-3,6,8-9H,4-5H2,(H2,19,20,21)/t8-,9-. The molecule has 3 nitrogen and oxygen atoms in total. The Balaban J connectivity index is 2.02. The average molecular weight is 300 g/mol. The second-order valence-electron chi connectivity index (χ2n) is 5.22. The summed E-state index contributed by atoms with van der Waals surface area (Å²) in [7, 11) is 0. The van der Waals surface area contributed by atoms with Crippen LogP contribution in [0.15, 0.2) is 29.1 Å². The topological polar surface area (TPSA) is 44.9 Å². The first-order chi connectivity index (χ1) is 9.83. The molecule has 21 heavy (non-hydrogen) atoms. The highest BCUT2D eigenvalue weighted by molar-refractivity contribution is 5.91. The van der Waals surface area contributed by atoms with Crippen LogP contribution in [0.3, 0.4) is 0 Å². The molecule has 0 bridgehead atoms. The molecule has 1 saturated carbocycles. The number of aromatic nitrogens is 1. The highest BCUT2D eigenvalue weighted by Crippen LogP contribution is 2.33. The number of benzene rings is 1. The number of nitrogens with one attached hydrogen (secondary N) is 2. The third kappa shape index (κ3) is 2.72. The van der Waals surface area contributed by atoms with E-state index in [0.717, 1.165) is 12.1 Å². The van der Waals surface area contributed by atoms with E-state index in [2.05, 4.69) is 10.3 Å². The molecule has 0 unspecified atom stereocenters. The first kappa shape index (κ1) is 13.9. The van der Waals surface area contributed by atoms with Crippen molar-refractivity contribution >= 4 is 16.6 Å². The fraction of sp³-hybridized carbons (Fsp3) is 0.357. The van der Waals surface area contributed by atoms with Crippen LogP contribution in [0.1, 0.15) is 18.4 Å². The van der Waals surface area contributed by atoms with Crippen LogP contribution in [-0.4, -0.2) is 17.2 Å². The molecule has 0 amide bonds. The van der Waals surface area contributed by atoms with Crippen molar-refractivity contribution in [2.24, 2.45) is 0 Å². The summed E-state index contributed by atoms with van der Waals surface area (Å²) in [6.45, 7) is 0. The maximum Gasteiger partial charge on any atom is 0.416 e. The number of hydrogen-bond acceptors (Lipinski definition) is 2. The molecule has 0 atom stereocenters. The first-order valence-corrected chi connectivity index (χ1v) is 6.48. The Morgan fingerprint density at radius 1 is 1.19 bits per heavy atom. The van der Waals surface area contributed by atoms with Gasteiger partial charge in [-0.2, -0.15) is 13.2 Å². The van der Waals surface area contributed by atoms with Crippen molar-refractivity contribution in [3.63, 3.8) is 0 Å². The maximum absolute atomic E-state index is 12.8. The van der Waals surface area contributed by atoms with Gasteiger partial charge in [-0.3, -0.25) is 4.79 Å². The number of H-pyrrole nitrogens is 1. The average Bonchev–Trinajstić information content (AvgIpc) is 2.34. The number of hydrogen-bond donors (Lipinski definition) is 2. The third-order valence-corrected chi connectivity index (χ3v) is 3.61. The van der Waals surface area contributed by atoms with Crippen molar-refractivity contribution in [2.45, 2.75) is 31.2 Å². The Kier molecular flexibility index (Phi) is 3.15. The Morgan fingerprint density at radius 2 is 1.90 bits per heavy atom. The number of aromatic amines is 1. The summed E-state index contributed by atoms with van der Waals surface area (Å²) in [4.78, 5) is 14.0. The van der Waals surface area contributed by atoms with Crippen LogP contribution < -0.4 is 10.9 Å². The van der Waals surface area contributed by atoms with Gasteiger partial charge in [-0.25, -0.2) is 4.39 Å². The van der Waals surface area contributed by atoms with Crippen molar-refractivity contribution in [3.8, 4) is 0 Å². The van der Waals surface area contributed by atoms with Crippen molar-refractivity contribution in [1.29, 1.82) is 0 Å². The highest BCUT2D eigenvalue weighted by atomic mass is 19.4. The van der Waals surface area contributed by atoms with E-state index in [1.165, 1.54) is 12.1 Å². The zero-order valence-corrected chi connectivity index (χ0v) is 10.8. The number of anilines is 1. The predicted octanol–water partition coefficient (Wildman–Crippen LogP) is 3.46. The molecule has 1 fully saturated rings. The molecule has 0 spiro atoms. The van der Waals surface area contributed by atoms with Gasteiger partial charge in [-0.05, 0) is 25.0 Å². The van der Waals surface area contributed by atoms with E-state index >= 15 is 0 Å². The van der Waals surface area contributed by atoms with Crippen LogP contribution >= 0.6 is 0 Å². The number of pyridine rings is 1. The van der Waals surface area contributed by atoms with Gasteiger partial charge in [-0.15, -0.1) is 0 Å². The lowest BCUT2D eigenvalue weighted by Gasteiger charge is -2.31. The van der Waals surface area contributed by atoms with Crippen LogP contribution in [0.4, 0.5) is 23.2 Å². The minimum absolute atomic E-state index is 0.0905. The summed E-state index contributed by atoms with van der Waals surface area (Å²) in [5.74, 6) is 0. The van der Waals surface area contributed by atoms with E-state index < -0.39 is 23.5 Å². The van der Waals surface area contributed by atoms with Crippen molar-refractivity contribution in [1.82, 2.24) is 4.98 Å². The molecule has 1 aliphatic carbocycles. The molecule has 0 aliphatic heterocycles. The van der Waals surface area contributed by atoms with E-state index in [4.69, 9.17) is 0 Å². The SMILES string of the molecule is O=c1cc(N[C@H]2C[C@H](F)C2)c2ccc(C(F)(F)F)cc2[nH]1. The van der Waals surface area contributed by atoms with Crippen LogP contribution in [0.25, 0.3) is 10.9 Å². The van der Waals surface area contributed by atoms with E-state index in [9.17, 15) is 22.4 Å². The molecule has 1 aromatic heterocycles. The Labute approximate surface area is 117 Å². The van der Waals surface area contributed by atoms with Gasteiger partial charge in [0.05, 0.1) is 11.1 Å². The van der Waals surface area contributed by atoms with Crippen LogP contribution in [0.5, 0.6) is 0 Å². The van der Waals surface area contributed by atoms with Gasteiger partial charge >= 0.3 is 6.18 Å². The van der Waals surface area contributed by atoms with E-state index in [1.54, 1.807) is 0 Å². The number of fused-ring (bicyclic) bond motifs is 1. The molecular formula is C14H12F4N2O. The molecule has 2 aromatic rings. The Morgan fingerprint density at radius 3 is 2.52 bits per heavy atom. The van der Waals surface area contributed by atoms with Gasteiger partial charge < -0.3 is 10.3 Å². The number of alkyl halides is 4. The van der Waals surface area contributed by atoms with E-state index in [1.807, 2.05) is 0 Å². The Hall–Kier alpha value is -2.05. The molecule has 1 heterocycles. The fourth-order valence-electron chi connectivity index (χ4n) is 2.44. The van der Waals surface area contributed by atoms with Crippen LogP contribution in [-0.2, 0) is 6.18 Å². The van der Waals surface area contributed by atoms with Crippen molar-refractivity contribution in [2.75, 3.05) is 5.32 Å². The smallest absolute Gasteiger partial charge is 0.381 e. The lowest BCUT2D eigenvalue weighted by Crippen LogP contribution is -2.36. The monoisotopic (exact) mass is 300 g/mol. The summed E-state index contributed by atoms with van der Waals surface area (Å²) >= 11 is 0. The van der Waals surface area contributed by atoms with Gasteiger partial charge in [0.25, 0.3) is 0 Å². The third-order valence-electron chi connectivity index (χ3n) is 3.61. The largest absolute Gasteiger partial charge is 0.416 e. The fourth-order valence-corrected chi connectivity index (χ4v) is 2.44. The molecule has 0 saturated heterocycles.